The molecule has 0 unspecified atom stereocenters. The maximum atomic E-state index is 12.0. The second-order valence-electron chi connectivity index (χ2n) is 4.56. The summed E-state index contributed by atoms with van der Waals surface area (Å²) in [6, 6.07) is 1.99. The number of nitrogens with zero attached hydrogens (tertiary/aromatic N) is 4. The summed E-state index contributed by atoms with van der Waals surface area (Å²) in [5, 5.41) is 0. The van der Waals surface area contributed by atoms with Gasteiger partial charge in [0.15, 0.2) is 0 Å². The van der Waals surface area contributed by atoms with Crippen LogP contribution in [0.4, 0.5) is 0 Å². The van der Waals surface area contributed by atoms with E-state index in [9.17, 15) is 8.42 Å². The third-order valence-corrected chi connectivity index (χ3v) is 4.85. The molecule has 1 atom stereocenters. The highest BCUT2D eigenvalue weighted by Crippen LogP contribution is 2.18. The molecular formula is C11H18N4O3S. The summed E-state index contributed by atoms with van der Waals surface area (Å²) in [5.74, 6) is 0. The van der Waals surface area contributed by atoms with Gasteiger partial charge in [0.25, 0.3) is 10.2 Å². The highest BCUT2D eigenvalue weighted by Gasteiger charge is 2.31. The van der Waals surface area contributed by atoms with E-state index in [1.807, 2.05) is 0 Å². The van der Waals surface area contributed by atoms with E-state index < -0.39 is 10.2 Å². The summed E-state index contributed by atoms with van der Waals surface area (Å²) in [5.41, 5.74) is 0. The van der Waals surface area contributed by atoms with Gasteiger partial charge < -0.3 is 4.74 Å². The zero-order valence-corrected chi connectivity index (χ0v) is 11.9. The van der Waals surface area contributed by atoms with Gasteiger partial charge in [-0.25, -0.2) is 9.97 Å². The molecule has 2 rings (SSSR count). The lowest BCUT2D eigenvalue weighted by Gasteiger charge is -2.32. The van der Waals surface area contributed by atoms with Gasteiger partial charge in [-0.05, 0) is 18.9 Å². The summed E-state index contributed by atoms with van der Waals surface area (Å²) in [7, 11) is -0.324. The minimum Gasteiger partial charge on any atom is -0.459 e. The van der Waals surface area contributed by atoms with Gasteiger partial charge in [0.2, 0.25) is 0 Å². The Kier molecular flexibility index (Phi) is 4.33. The summed E-state index contributed by atoms with van der Waals surface area (Å²) < 4.78 is 32.4. The second-order valence-corrected chi connectivity index (χ2v) is 6.70. The van der Waals surface area contributed by atoms with Crippen molar-refractivity contribution in [3.05, 3.63) is 18.5 Å². The molecule has 1 aliphatic heterocycles. The molecule has 1 fully saturated rings. The van der Waals surface area contributed by atoms with Crippen LogP contribution in [0.25, 0.3) is 0 Å². The van der Waals surface area contributed by atoms with E-state index >= 15 is 0 Å². The fraction of sp³-hybridized carbons (Fsp3) is 0.636. The molecule has 19 heavy (non-hydrogen) atoms. The Hall–Kier alpha value is -1.25. The molecule has 0 aliphatic carbocycles. The predicted octanol–water partition coefficient (Wildman–Crippen LogP) is 0.126. The van der Waals surface area contributed by atoms with Crippen LogP contribution in [0.1, 0.15) is 12.8 Å². The lowest BCUT2D eigenvalue weighted by Crippen LogP contribution is -2.48. The molecule has 0 bridgehead atoms. The van der Waals surface area contributed by atoms with Crippen molar-refractivity contribution in [3.8, 4) is 6.01 Å². The molecule has 0 amide bonds. The molecule has 0 radical (unpaired) electrons. The molecule has 8 heteroatoms. The van der Waals surface area contributed by atoms with Gasteiger partial charge >= 0.3 is 6.01 Å². The van der Waals surface area contributed by atoms with Crippen molar-refractivity contribution < 1.29 is 13.2 Å². The third kappa shape index (κ3) is 3.40. The molecular weight excluding hydrogens is 268 g/mol. The highest BCUT2D eigenvalue weighted by atomic mass is 32.2. The van der Waals surface area contributed by atoms with Crippen LogP contribution in [-0.2, 0) is 10.2 Å². The molecule has 1 aliphatic rings. The van der Waals surface area contributed by atoms with Crippen molar-refractivity contribution in [2.24, 2.45) is 0 Å². The molecule has 7 nitrogen and oxygen atoms in total. The summed E-state index contributed by atoms with van der Waals surface area (Å²) in [4.78, 5) is 7.97. The van der Waals surface area contributed by atoms with E-state index in [0.717, 1.165) is 12.8 Å². The minimum atomic E-state index is -3.38. The fourth-order valence-corrected chi connectivity index (χ4v) is 3.11. The van der Waals surface area contributed by atoms with Crippen LogP contribution in [0.15, 0.2) is 18.5 Å². The molecule has 0 spiro atoms. The maximum Gasteiger partial charge on any atom is 0.316 e. The van der Waals surface area contributed by atoms with Crippen molar-refractivity contribution in [2.45, 2.75) is 18.9 Å². The van der Waals surface area contributed by atoms with E-state index in [1.54, 1.807) is 18.5 Å². The smallest absolute Gasteiger partial charge is 0.316 e. The van der Waals surface area contributed by atoms with Crippen molar-refractivity contribution in [2.75, 3.05) is 27.2 Å². The van der Waals surface area contributed by atoms with Crippen LogP contribution in [0.5, 0.6) is 6.01 Å². The van der Waals surface area contributed by atoms with Gasteiger partial charge in [0, 0.05) is 33.0 Å². The molecule has 1 saturated heterocycles. The average Bonchev–Trinajstić information content (AvgIpc) is 2.40. The van der Waals surface area contributed by atoms with Crippen molar-refractivity contribution in [1.29, 1.82) is 0 Å². The Bertz CT molecular complexity index is 506. The first-order valence-corrected chi connectivity index (χ1v) is 7.51. The standard InChI is InChI=1S/C11H18N4O3S/c1-14(2)19(16,17)15-8-3-5-10(9-15)18-11-12-6-4-7-13-11/h4,6-7,10H,3,5,8-9H2,1-2H3/t10-/m1/s1. The zero-order chi connectivity index (χ0) is 13.9. The summed E-state index contributed by atoms with van der Waals surface area (Å²) in [6.45, 7) is 0.856. The first kappa shape index (κ1) is 14.2. The van der Waals surface area contributed by atoms with Gasteiger partial charge in [-0.2, -0.15) is 17.0 Å². The summed E-state index contributed by atoms with van der Waals surface area (Å²) >= 11 is 0. The van der Waals surface area contributed by atoms with Gasteiger partial charge in [0.1, 0.15) is 6.10 Å². The lowest BCUT2D eigenvalue weighted by molar-refractivity contribution is 0.117. The first-order chi connectivity index (χ1) is 9.00. The molecule has 1 aromatic heterocycles. The Morgan fingerprint density at radius 1 is 1.37 bits per heavy atom. The fourth-order valence-electron chi connectivity index (χ4n) is 1.94. The summed E-state index contributed by atoms with van der Waals surface area (Å²) in [6.07, 6.45) is 4.56. The molecule has 1 aromatic rings. The lowest BCUT2D eigenvalue weighted by atomic mass is 10.1. The predicted molar refractivity (Wildman–Crippen MR) is 69.9 cm³/mol. The van der Waals surface area contributed by atoms with Crippen molar-refractivity contribution in [3.63, 3.8) is 0 Å². The van der Waals surface area contributed by atoms with Gasteiger partial charge in [0.05, 0.1) is 6.54 Å². The van der Waals surface area contributed by atoms with Crippen LogP contribution >= 0.6 is 0 Å². The van der Waals surface area contributed by atoms with E-state index in [-0.39, 0.29) is 12.1 Å². The average molecular weight is 286 g/mol. The van der Waals surface area contributed by atoms with E-state index in [1.165, 1.54) is 22.7 Å². The number of aromatic nitrogens is 2. The highest BCUT2D eigenvalue weighted by molar-refractivity contribution is 7.86. The number of rotatable bonds is 4. The van der Waals surface area contributed by atoms with Gasteiger partial charge in [-0.15, -0.1) is 0 Å². The third-order valence-electron chi connectivity index (χ3n) is 2.94. The number of piperidine rings is 1. The van der Waals surface area contributed by atoms with Crippen molar-refractivity contribution >= 4 is 10.2 Å². The quantitative estimate of drug-likeness (QED) is 0.786. The number of hydrogen-bond acceptors (Lipinski definition) is 5. The normalized spacial score (nSPS) is 21.5. The Morgan fingerprint density at radius 2 is 2.05 bits per heavy atom. The zero-order valence-electron chi connectivity index (χ0n) is 11.1. The van der Waals surface area contributed by atoms with Crippen molar-refractivity contribution in [1.82, 2.24) is 18.6 Å². The van der Waals surface area contributed by atoms with Crippen LogP contribution in [0, 0.1) is 0 Å². The number of hydrogen-bond donors (Lipinski definition) is 0. The molecule has 2 heterocycles. The molecule has 0 saturated carbocycles. The number of ether oxygens (including phenoxy) is 1. The maximum absolute atomic E-state index is 12.0. The van der Waals surface area contributed by atoms with Crippen LogP contribution in [0.2, 0.25) is 0 Å². The molecule has 0 aromatic carbocycles. The van der Waals surface area contributed by atoms with Gasteiger partial charge in [-0.1, -0.05) is 0 Å². The van der Waals surface area contributed by atoms with Crippen LogP contribution < -0.4 is 4.74 Å². The largest absolute Gasteiger partial charge is 0.459 e. The Balaban J connectivity index is 2.02. The molecule has 106 valence electrons. The van der Waals surface area contributed by atoms with Crippen LogP contribution in [0.3, 0.4) is 0 Å². The Morgan fingerprint density at radius 3 is 2.68 bits per heavy atom. The second kappa shape index (κ2) is 5.81. The van der Waals surface area contributed by atoms with E-state index in [2.05, 4.69) is 9.97 Å². The monoisotopic (exact) mass is 286 g/mol. The van der Waals surface area contributed by atoms with Crippen LogP contribution in [-0.4, -0.2) is 60.3 Å². The van der Waals surface area contributed by atoms with E-state index in [0.29, 0.717) is 13.1 Å². The SMILES string of the molecule is CN(C)S(=O)(=O)N1CCC[C@@H](Oc2ncccn2)C1. The minimum absolute atomic E-state index is 0.203. The molecule has 0 N–H and O–H groups in total. The topological polar surface area (TPSA) is 75.6 Å². The first-order valence-electron chi connectivity index (χ1n) is 6.11. The Labute approximate surface area is 113 Å². The van der Waals surface area contributed by atoms with Gasteiger partial charge in [-0.3, -0.25) is 0 Å². The van der Waals surface area contributed by atoms with E-state index in [4.69, 9.17) is 4.74 Å².